The highest BCUT2D eigenvalue weighted by molar-refractivity contribution is 6.35. The molecule has 0 fully saturated rings. The van der Waals surface area contributed by atoms with Gasteiger partial charge in [0.05, 0.1) is 5.02 Å². The molecule has 0 atom stereocenters. The minimum Gasteiger partial charge on any atom is -0.482 e. The van der Waals surface area contributed by atoms with E-state index in [9.17, 15) is 9.59 Å². The fourth-order valence-corrected chi connectivity index (χ4v) is 2.67. The van der Waals surface area contributed by atoms with Gasteiger partial charge in [-0.3, -0.25) is 9.59 Å². The van der Waals surface area contributed by atoms with Crippen LogP contribution in [-0.4, -0.2) is 18.4 Å². The molecule has 7 nitrogen and oxygen atoms in total. The van der Waals surface area contributed by atoms with Crippen LogP contribution in [0.15, 0.2) is 58.0 Å². The Kier molecular flexibility index (Phi) is 5.63. The largest absolute Gasteiger partial charge is 0.482 e. The predicted octanol–water partition coefficient (Wildman–Crippen LogP) is 2.85. The Morgan fingerprint density at radius 1 is 1.15 bits per heavy atom. The van der Waals surface area contributed by atoms with Crippen molar-refractivity contribution in [2.45, 2.75) is 0 Å². The van der Waals surface area contributed by atoms with Crippen LogP contribution >= 0.6 is 23.2 Å². The summed E-state index contributed by atoms with van der Waals surface area (Å²) in [5.74, 6) is -1.02. The number of carbonyl (C=O) groups is 2. The summed E-state index contributed by atoms with van der Waals surface area (Å²) in [5.41, 5.74) is 8.02. The molecule has 3 aromatic rings. The van der Waals surface area contributed by atoms with Gasteiger partial charge < -0.3 is 14.9 Å². The van der Waals surface area contributed by atoms with Crippen LogP contribution in [0.5, 0.6) is 5.75 Å². The highest BCUT2D eigenvalue weighted by atomic mass is 35.5. The van der Waals surface area contributed by atoms with Gasteiger partial charge in [-0.05, 0) is 30.3 Å². The molecule has 0 radical (unpaired) electrons. The summed E-state index contributed by atoms with van der Waals surface area (Å²) < 4.78 is 10.8. The Balaban J connectivity index is 1.77. The molecule has 1 aromatic heterocycles. The van der Waals surface area contributed by atoms with E-state index in [4.69, 9.17) is 38.1 Å². The monoisotopic (exact) mass is 405 g/mol. The third-order valence-corrected chi connectivity index (χ3v) is 3.99. The Morgan fingerprint density at radius 3 is 2.67 bits per heavy atom. The average molecular weight is 406 g/mol. The second-order valence-electron chi connectivity index (χ2n) is 5.38. The first kappa shape index (κ1) is 18.8. The first-order chi connectivity index (χ1) is 12.9. The summed E-state index contributed by atoms with van der Waals surface area (Å²) in [6.45, 7) is -0.357. The number of para-hydroxylation sites is 1. The van der Waals surface area contributed by atoms with Crippen LogP contribution in [0.2, 0.25) is 10.0 Å². The lowest BCUT2D eigenvalue weighted by Crippen LogP contribution is -2.29. The first-order valence-electron chi connectivity index (χ1n) is 7.67. The molecule has 0 aliphatic heterocycles. The molecule has 0 aliphatic carbocycles. The second kappa shape index (κ2) is 8.11. The van der Waals surface area contributed by atoms with Crippen LogP contribution in [0.4, 0.5) is 0 Å². The van der Waals surface area contributed by atoms with Crippen molar-refractivity contribution in [1.29, 1.82) is 0 Å². The summed E-state index contributed by atoms with van der Waals surface area (Å²) in [6, 6.07) is 13.2. The van der Waals surface area contributed by atoms with Crippen molar-refractivity contribution >= 4 is 46.0 Å². The fraction of sp³-hybridized carbons (Fsp3) is 0.0556. The van der Waals surface area contributed by atoms with Crippen molar-refractivity contribution in [3.63, 3.8) is 0 Å². The summed E-state index contributed by atoms with van der Waals surface area (Å²) in [5, 5.41) is 5.22. The van der Waals surface area contributed by atoms with Gasteiger partial charge in [0, 0.05) is 10.4 Å². The third kappa shape index (κ3) is 4.58. The Morgan fingerprint density at radius 2 is 1.93 bits per heavy atom. The van der Waals surface area contributed by atoms with Crippen molar-refractivity contribution in [1.82, 2.24) is 5.43 Å². The number of rotatable bonds is 5. The van der Waals surface area contributed by atoms with E-state index < -0.39 is 11.8 Å². The van der Waals surface area contributed by atoms with E-state index in [-0.39, 0.29) is 22.7 Å². The average Bonchev–Trinajstić information content (AvgIpc) is 2.64. The van der Waals surface area contributed by atoms with E-state index in [0.29, 0.717) is 21.7 Å². The van der Waals surface area contributed by atoms with E-state index in [2.05, 4.69) is 10.5 Å². The Labute approximate surface area is 163 Å². The molecule has 27 heavy (non-hydrogen) atoms. The van der Waals surface area contributed by atoms with Crippen molar-refractivity contribution in [2.75, 3.05) is 6.61 Å². The van der Waals surface area contributed by atoms with Gasteiger partial charge in [0.1, 0.15) is 16.9 Å². The van der Waals surface area contributed by atoms with Crippen molar-refractivity contribution in [2.24, 2.45) is 10.8 Å². The third-order valence-electron chi connectivity index (χ3n) is 3.46. The maximum Gasteiger partial charge on any atom is 0.278 e. The van der Waals surface area contributed by atoms with Gasteiger partial charge in [-0.2, -0.15) is 0 Å². The molecule has 2 aromatic carbocycles. The summed E-state index contributed by atoms with van der Waals surface area (Å²) in [7, 11) is 0. The smallest absolute Gasteiger partial charge is 0.278 e. The van der Waals surface area contributed by atoms with E-state index in [0.717, 1.165) is 0 Å². The molecule has 3 N–H and O–H groups in total. The lowest BCUT2D eigenvalue weighted by molar-refractivity contribution is -0.123. The molecule has 1 heterocycles. The minimum atomic E-state index is -0.735. The van der Waals surface area contributed by atoms with Gasteiger partial charge in [0.2, 0.25) is 5.55 Å². The molecule has 0 unspecified atom stereocenters. The fourth-order valence-electron chi connectivity index (χ4n) is 2.21. The topological polar surface area (TPSA) is 107 Å². The molecular weight excluding hydrogens is 393 g/mol. The van der Waals surface area contributed by atoms with Crippen LogP contribution in [0, 0.1) is 0 Å². The Bertz CT molecular complexity index is 1100. The van der Waals surface area contributed by atoms with Crippen LogP contribution in [-0.2, 0) is 4.79 Å². The normalized spacial score (nSPS) is 11.4. The molecule has 0 spiro atoms. The molecule has 138 valence electrons. The van der Waals surface area contributed by atoms with Gasteiger partial charge in [-0.25, -0.2) is 5.43 Å². The van der Waals surface area contributed by atoms with Crippen molar-refractivity contribution in [3.8, 4) is 5.75 Å². The molecule has 9 heteroatoms. The molecule has 0 saturated carbocycles. The predicted molar refractivity (Wildman–Crippen MR) is 100 cm³/mol. The first-order valence-corrected chi connectivity index (χ1v) is 8.43. The molecule has 2 amide bonds. The number of ether oxygens (including phenoxy) is 1. The quantitative estimate of drug-likeness (QED) is 0.636. The lowest BCUT2D eigenvalue weighted by atomic mass is 10.2. The number of fused-ring (bicyclic) bond motifs is 1. The number of nitrogens with zero attached hydrogens (tertiary/aromatic N) is 1. The van der Waals surface area contributed by atoms with Crippen LogP contribution in [0.3, 0.4) is 0 Å². The Hall–Kier alpha value is -3.03. The van der Waals surface area contributed by atoms with Gasteiger partial charge in [-0.1, -0.05) is 41.4 Å². The zero-order valence-corrected chi connectivity index (χ0v) is 15.3. The van der Waals surface area contributed by atoms with Crippen LogP contribution in [0.1, 0.15) is 10.4 Å². The second-order valence-corrected chi connectivity index (χ2v) is 6.22. The zero-order chi connectivity index (χ0) is 19.4. The molecule has 0 bridgehead atoms. The highest BCUT2D eigenvalue weighted by Gasteiger charge is 2.10. The zero-order valence-electron chi connectivity index (χ0n) is 13.7. The number of hydrogen-bond acceptors (Lipinski definition) is 5. The maximum absolute atomic E-state index is 12.0. The van der Waals surface area contributed by atoms with E-state index in [1.165, 1.54) is 12.1 Å². The summed E-state index contributed by atoms with van der Waals surface area (Å²) in [6.07, 6.45) is 0. The van der Waals surface area contributed by atoms with E-state index in [1.807, 2.05) is 0 Å². The number of halogens is 2. The number of nitrogens with two attached hydrogens (primary N) is 1. The number of amides is 2. The number of carbonyl (C=O) groups excluding carboxylic acids is 2. The molecule has 0 saturated heterocycles. The van der Waals surface area contributed by atoms with Crippen molar-refractivity contribution < 1.29 is 18.7 Å². The van der Waals surface area contributed by atoms with E-state index >= 15 is 0 Å². The maximum atomic E-state index is 12.0. The summed E-state index contributed by atoms with van der Waals surface area (Å²) in [4.78, 5) is 23.6. The summed E-state index contributed by atoms with van der Waals surface area (Å²) >= 11 is 11.8. The molecular formula is C18H13Cl2N3O4. The van der Waals surface area contributed by atoms with Gasteiger partial charge in [0.25, 0.3) is 11.8 Å². The van der Waals surface area contributed by atoms with Gasteiger partial charge in [-0.15, -0.1) is 5.10 Å². The van der Waals surface area contributed by atoms with E-state index in [1.54, 1.807) is 36.4 Å². The van der Waals surface area contributed by atoms with Gasteiger partial charge in [0.15, 0.2) is 6.61 Å². The number of hydrogen-bond donors (Lipinski definition) is 2. The van der Waals surface area contributed by atoms with Gasteiger partial charge >= 0.3 is 0 Å². The molecule has 3 rings (SSSR count). The standard InChI is InChI=1S/C18H13Cl2N3O4/c19-11-5-6-15(13(20)8-11)26-9-16(24)22-23-18-12(17(21)25)7-10-3-1-2-4-14(10)27-18/h1-8H,9H2,(H2,21,25)(H,22,24)/b23-18-. The van der Waals surface area contributed by atoms with Crippen LogP contribution < -0.4 is 21.5 Å². The van der Waals surface area contributed by atoms with Crippen LogP contribution in [0.25, 0.3) is 11.0 Å². The number of benzene rings is 2. The minimum absolute atomic E-state index is 0.0377. The lowest BCUT2D eigenvalue weighted by Gasteiger charge is -2.07. The highest BCUT2D eigenvalue weighted by Crippen LogP contribution is 2.27. The van der Waals surface area contributed by atoms with Crippen molar-refractivity contribution in [3.05, 3.63) is 69.7 Å². The molecule has 0 aliphatic rings. The number of primary amides is 1. The SMILES string of the molecule is NC(=O)c1cc2ccccc2o/c1=N\NC(=O)COc1ccc(Cl)cc1Cl. The number of nitrogens with one attached hydrogen (secondary N) is 1.